The van der Waals surface area contributed by atoms with Crippen molar-refractivity contribution in [3.63, 3.8) is 0 Å². The first-order valence-electron chi connectivity index (χ1n) is 9.15. The summed E-state index contributed by atoms with van der Waals surface area (Å²) in [6.45, 7) is 0. The fourth-order valence-corrected chi connectivity index (χ4v) is 3.97. The minimum Gasteiger partial charge on any atom is -0.456 e. The zero-order chi connectivity index (χ0) is 18.7. The lowest BCUT2D eigenvalue weighted by Gasteiger charge is -2.06. The van der Waals surface area contributed by atoms with E-state index < -0.39 is 0 Å². The number of rotatable bonds is 1. The zero-order valence-electron chi connectivity index (χ0n) is 14.8. The molecule has 3 heteroatoms. The molecule has 0 saturated carbocycles. The van der Waals surface area contributed by atoms with Gasteiger partial charge >= 0.3 is 5.63 Å². The summed E-state index contributed by atoms with van der Waals surface area (Å²) in [5.74, 6) is 0. The molecule has 0 aliphatic carbocycles. The monoisotopic (exact) mass is 362 g/mol. The van der Waals surface area contributed by atoms with Crippen LogP contribution in [-0.2, 0) is 0 Å². The van der Waals surface area contributed by atoms with Gasteiger partial charge in [0, 0.05) is 16.2 Å². The van der Waals surface area contributed by atoms with E-state index in [2.05, 4.69) is 24.3 Å². The molecule has 0 bridgehead atoms. The molecule has 0 N–H and O–H groups in total. The molecule has 0 amide bonds. The quantitative estimate of drug-likeness (QED) is 0.247. The second kappa shape index (κ2) is 5.57. The molecule has 0 aliphatic rings. The SMILES string of the molecule is O=c1oc2ccc(-c3ccc4oc5ccccc5c4c3)cc2c2ccccc12. The summed E-state index contributed by atoms with van der Waals surface area (Å²) in [6, 6.07) is 27.8. The van der Waals surface area contributed by atoms with Gasteiger partial charge in [-0.1, -0.05) is 48.5 Å². The van der Waals surface area contributed by atoms with E-state index in [1.165, 1.54) is 0 Å². The first-order valence-corrected chi connectivity index (χ1v) is 9.15. The van der Waals surface area contributed by atoms with Crippen molar-refractivity contribution < 1.29 is 8.83 Å². The van der Waals surface area contributed by atoms with Gasteiger partial charge in [0.1, 0.15) is 16.7 Å². The predicted octanol–water partition coefficient (Wildman–Crippen LogP) is 6.51. The van der Waals surface area contributed by atoms with Gasteiger partial charge in [0.15, 0.2) is 0 Å². The Kier molecular flexibility index (Phi) is 3.03. The van der Waals surface area contributed by atoms with Crippen molar-refractivity contribution in [2.24, 2.45) is 0 Å². The number of furan rings is 1. The first kappa shape index (κ1) is 15.2. The van der Waals surface area contributed by atoms with Crippen molar-refractivity contribution >= 4 is 43.7 Å². The number of hydrogen-bond donors (Lipinski definition) is 0. The van der Waals surface area contributed by atoms with Crippen LogP contribution in [0.4, 0.5) is 0 Å². The molecule has 0 radical (unpaired) electrons. The Morgan fingerprint density at radius 2 is 1.00 bits per heavy atom. The lowest BCUT2D eigenvalue weighted by atomic mass is 9.99. The van der Waals surface area contributed by atoms with Crippen molar-refractivity contribution in [3.05, 3.63) is 95.3 Å². The summed E-state index contributed by atoms with van der Waals surface area (Å²) in [7, 11) is 0. The second-order valence-electron chi connectivity index (χ2n) is 6.96. The molecule has 0 spiro atoms. The Bertz CT molecular complexity index is 1580. The summed E-state index contributed by atoms with van der Waals surface area (Å²) in [4.78, 5) is 12.2. The van der Waals surface area contributed by atoms with Crippen LogP contribution in [0.1, 0.15) is 0 Å². The van der Waals surface area contributed by atoms with Crippen LogP contribution in [0.3, 0.4) is 0 Å². The van der Waals surface area contributed by atoms with Gasteiger partial charge in [0.05, 0.1) is 5.39 Å². The maximum absolute atomic E-state index is 12.2. The third-order valence-electron chi connectivity index (χ3n) is 5.33. The highest BCUT2D eigenvalue weighted by Crippen LogP contribution is 2.34. The Hall–Kier alpha value is -3.85. The number of benzene rings is 4. The summed E-state index contributed by atoms with van der Waals surface area (Å²) in [5.41, 5.74) is 4.22. The summed E-state index contributed by atoms with van der Waals surface area (Å²) >= 11 is 0. The molecule has 2 aromatic heterocycles. The second-order valence-corrected chi connectivity index (χ2v) is 6.96. The maximum atomic E-state index is 12.2. The molecule has 132 valence electrons. The lowest BCUT2D eigenvalue weighted by Crippen LogP contribution is -1.99. The lowest BCUT2D eigenvalue weighted by molar-refractivity contribution is 0.569. The highest BCUT2D eigenvalue weighted by atomic mass is 16.4. The van der Waals surface area contributed by atoms with Crippen LogP contribution in [0, 0.1) is 0 Å². The molecular formula is C25H14O3. The van der Waals surface area contributed by atoms with E-state index in [1.54, 1.807) is 6.07 Å². The average molecular weight is 362 g/mol. The zero-order valence-corrected chi connectivity index (χ0v) is 14.8. The van der Waals surface area contributed by atoms with Gasteiger partial charge < -0.3 is 8.83 Å². The number of hydrogen-bond acceptors (Lipinski definition) is 3. The molecule has 2 heterocycles. The molecule has 0 fully saturated rings. The third-order valence-corrected chi connectivity index (χ3v) is 5.33. The fourth-order valence-electron chi connectivity index (χ4n) is 3.97. The minimum absolute atomic E-state index is 0.304. The molecule has 0 unspecified atom stereocenters. The van der Waals surface area contributed by atoms with Gasteiger partial charge in [-0.3, -0.25) is 0 Å². The fraction of sp³-hybridized carbons (Fsp3) is 0. The van der Waals surface area contributed by atoms with Crippen molar-refractivity contribution in [2.75, 3.05) is 0 Å². The van der Waals surface area contributed by atoms with E-state index >= 15 is 0 Å². The smallest absolute Gasteiger partial charge is 0.344 e. The van der Waals surface area contributed by atoms with Gasteiger partial charge in [-0.15, -0.1) is 0 Å². The topological polar surface area (TPSA) is 43.4 Å². The van der Waals surface area contributed by atoms with Gasteiger partial charge in [0.25, 0.3) is 0 Å². The van der Waals surface area contributed by atoms with Crippen molar-refractivity contribution in [1.82, 2.24) is 0 Å². The van der Waals surface area contributed by atoms with Crippen molar-refractivity contribution in [2.45, 2.75) is 0 Å². The molecule has 6 rings (SSSR count). The molecule has 0 saturated heterocycles. The molecule has 0 aliphatic heterocycles. The van der Waals surface area contributed by atoms with Crippen LogP contribution in [0.25, 0.3) is 54.8 Å². The van der Waals surface area contributed by atoms with Crippen molar-refractivity contribution in [1.29, 1.82) is 0 Å². The van der Waals surface area contributed by atoms with Gasteiger partial charge in [-0.25, -0.2) is 4.79 Å². The summed E-state index contributed by atoms with van der Waals surface area (Å²) in [6.07, 6.45) is 0. The van der Waals surface area contributed by atoms with E-state index in [9.17, 15) is 4.79 Å². The predicted molar refractivity (Wildman–Crippen MR) is 113 cm³/mol. The first-order chi connectivity index (χ1) is 13.8. The average Bonchev–Trinajstić information content (AvgIpc) is 3.12. The maximum Gasteiger partial charge on any atom is 0.344 e. The molecule has 28 heavy (non-hydrogen) atoms. The molecule has 3 nitrogen and oxygen atoms in total. The van der Waals surface area contributed by atoms with Gasteiger partial charge in [-0.05, 0) is 52.9 Å². The molecule has 0 atom stereocenters. The number of fused-ring (bicyclic) bond motifs is 6. The van der Waals surface area contributed by atoms with Crippen LogP contribution in [0.2, 0.25) is 0 Å². The normalized spacial score (nSPS) is 11.7. The Balaban J connectivity index is 1.63. The van der Waals surface area contributed by atoms with Crippen LogP contribution in [-0.4, -0.2) is 0 Å². The van der Waals surface area contributed by atoms with Crippen LogP contribution < -0.4 is 5.63 Å². The molecule has 6 aromatic rings. The van der Waals surface area contributed by atoms with Crippen LogP contribution >= 0.6 is 0 Å². The van der Waals surface area contributed by atoms with Crippen LogP contribution in [0.15, 0.2) is 98.6 Å². The summed E-state index contributed by atoms with van der Waals surface area (Å²) in [5, 5.41) is 4.65. The van der Waals surface area contributed by atoms with E-state index in [-0.39, 0.29) is 5.63 Å². The van der Waals surface area contributed by atoms with Crippen molar-refractivity contribution in [3.8, 4) is 11.1 Å². The molecular weight excluding hydrogens is 348 g/mol. The highest BCUT2D eigenvalue weighted by molar-refractivity contribution is 6.08. The van der Waals surface area contributed by atoms with E-state index in [1.807, 2.05) is 54.6 Å². The minimum atomic E-state index is -0.304. The van der Waals surface area contributed by atoms with E-state index in [4.69, 9.17) is 8.83 Å². The Labute approximate surface area is 159 Å². The van der Waals surface area contributed by atoms with Gasteiger partial charge in [-0.2, -0.15) is 0 Å². The Morgan fingerprint density at radius 1 is 0.464 bits per heavy atom. The summed E-state index contributed by atoms with van der Waals surface area (Å²) < 4.78 is 11.4. The Morgan fingerprint density at radius 3 is 1.75 bits per heavy atom. The van der Waals surface area contributed by atoms with E-state index in [0.717, 1.165) is 43.8 Å². The van der Waals surface area contributed by atoms with Gasteiger partial charge in [0.2, 0.25) is 0 Å². The largest absolute Gasteiger partial charge is 0.456 e. The highest BCUT2D eigenvalue weighted by Gasteiger charge is 2.11. The van der Waals surface area contributed by atoms with Crippen LogP contribution in [0.5, 0.6) is 0 Å². The van der Waals surface area contributed by atoms with E-state index in [0.29, 0.717) is 11.0 Å². The standard InChI is InChI=1S/C25H14O3/c26-25-19-7-2-1-5-17(19)20-13-15(10-12-24(20)28-25)16-9-11-23-21(14-16)18-6-3-4-8-22(18)27-23/h1-14H. The number of para-hydroxylation sites is 1. The molecule has 4 aromatic carbocycles. The third kappa shape index (κ3) is 2.13.